The van der Waals surface area contributed by atoms with Gasteiger partial charge in [-0.1, -0.05) is 42.5 Å². The maximum atomic E-state index is 14.0. The van der Waals surface area contributed by atoms with Crippen molar-refractivity contribution in [1.82, 2.24) is 0 Å². The van der Waals surface area contributed by atoms with Gasteiger partial charge in [0.15, 0.2) is 11.2 Å². The largest absolute Gasteiger partial charge is 0.497 e. The van der Waals surface area contributed by atoms with E-state index in [4.69, 9.17) is 4.74 Å². The Balaban J connectivity index is 1.76. The second-order valence-corrected chi connectivity index (χ2v) is 8.43. The molecule has 0 aromatic heterocycles. The van der Waals surface area contributed by atoms with Crippen LogP contribution in [0.5, 0.6) is 5.75 Å². The van der Waals surface area contributed by atoms with Gasteiger partial charge in [0.25, 0.3) is 0 Å². The molecule has 0 spiro atoms. The van der Waals surface area contributed by atoms with E-state index in [0.29, 0.717) is 16.9 Å². The summed E-state index contributed by atoms with van der Waals surface area (Å²) in [5.74, 6) is -0.845. The molecule has 2 aliphatic rings. The number of carbonyl (C=O) groups excluding carboxylic acids is 1. The molecule has 0 bridgehead atoms. The number of anilines is 1. The molecule has 1 saturated heterocycles. The second kappa shape index (κ2) is 8.17. The second-order valence-electron chi connectivity index (χ2n) is 8.43. The summed E-state index contributed by atoms with van der Waals surface area (Å²) in [6, 6.07) is 23.2. The Morgan fingerprint density at radius 1 is 1.00 bits per heavy atom. The molecule has 34 heavy (non-hydrogen) atoms. The van der Waals surface area contributed by atoms with Crippen molar-refractivity contribution in [2.24, 2.45) is 5.41 Å². The summed E-state index contributed by atoms with van der Waals surface area (Å²) in [6.07, 6.45) is 3.74. The van der Waals surface area contributed by atoms with Gasteiger partial charge in [-0.25, -0.2) is 4.39 Å². The van der Waals surface area contributed by atoms with Crippen LogP contribution in [0.25, 0.3) is 6.08 Å². The Morgan fingerprint density at radius 3 is 2.32 bits per heavy atom. The molecular formula is C28H20FN3O2. The highest BCUT2D eigenvalue weighted by Gasteiger charge is 2.63. The molecule has 6 heteroatoms. The van der Waals surface area contributed by atoms with Gasteiger partial charge in [-0.15, -0.1) is 0 Å². The van der Waals surface area contributed by atoms with Crippen molar-refractivity contribution in [2.45, 2.75) is 18.0 Å². The molecule has 3 atom stereocenters. The average molecular weight is 449 g/mol. The first-order valence-electron chi connectivity index (χ1n) is 10.9. The Morgan fingerprint density at radius 2 is 1.68 bits per heavy atom. The normalized spacial score (nSPS) is 21.6. The molecule has 5 rings (SSSR count). The quantitative estimate of drug-likeness (QED) is 0.517. The third-order valence-corrected chi connectivity index (χ3v) is 6.79. The van der Waals surface area contributed by atoms with Gasteiger partial charge in [-0.3, -0.25) is 4.79 Å². The first-order valence-corrected chi connectivity index (χ1v) is 10.9. The number of methoxy groups -OCH3 is 1. The highest BCUT2D eigenvalue weighted by molar-refractivity contribution is 6.04. The van der Waals surface area contributed by atoms with E-state index in [1.165, 1.54) is 24.3 Å². The maximum Gasteiger partial charge on any atom is 0.185 e. The predicted molar refractivity (Wildman–Crippen MR) is 126 cm³/mol. The molecule has 0 radical (unpaired) electrons. The Kier molecular flexibility index (Phi) is 5.15. The molecule has 2 aliphatic heterocycles. The smallest absolute Gasteiger partial charge is 0.185 e. The molecule has 166 valence electrons. The lowest BCUT2D eigenvalue weighted by atomic mass is 9.69. The average Bonchev–Trinajstić information content (AvgIpc) is 3.19. The van der Waals surface area contributed by atoms with Crippen molar-refractivity contribution in [3.8, 4) is 17.9 Å². The number of halogens is 1. The van der Waals surface area contributed by atoms with Crippen molar-refractivity contribution >= 4 is 17.5 Å². The van der Waals surface area contributed by atoms with Crippen LogP contribution in [-0.2, 0) is 0 Å². The van der Waals surface area contributed by atoms with Crippen LogP contribution in [0.1, 0.15) is 27.4 Å². The molecule has 0 unspecified atom stereocenters. The molecule has 2 heterocycles. The third-order valence-electron chi connectivity index (χ3n) is 6.79. The predicted octanol–water partition coefficient (Wildman–Crippen LogP) is 5.12. The van der Waals surface area contributed by atoms with Gasteiger partial charge in [0.2, 0.25) is 0 Å². The Bertz CT molecular complexity index is 1350. The number of hydrogen-bond donors (Lipinski definition) is 0. The zero-order valence-electron chi connectivity index (χ0n) is 18.4. The number of ketones is 1. The molecule has 5 nitrogen and oxygen atoms in total. The number of Topliss-reactive ketones (excluding diaryl/α,β-unsaturated/α-hetero) is 1. The van der Waals surface area contributed by atoms with Crippen molar-refractivity contribution < 1.29 is 13.9 Å². The highest BCUT2D eigenvalue weighted by atomic mass is 19.1. The molecule has 0 amide bonds. The third kappa shape index (κ3) is 3.08. The molecule has 3 aromatic carbocycles. The van der Waals surface area contributed by atoms with E-state index in [1.54, 1.807) is 31.4 Å². The fourth-order valence-electron chi connectivity index (χ4n) is 5.20. The lowest BCUT2D eigenvalue weighted by Gasteiger charge is -2.35. The summed E-state index contributed by atoms with van der Waals surface area (Å²) in [6.45, 7) is 0. The van der Waals surface area contributed by atoms with Crippen LogP contribution < -0.4 is 9.64 Å². The van der Waals surface area contributed by atoms with Crippen LogP contribution in [0.3, 0.4) is 0 Å². The Hall–Kier alpha value is -4.42. The highest BCUT2D eigenvalue weighted by Crippen LogP contribution is 2.55. The number of fused-ring (bicyclic) bond motifs is 3. The van der Waals surface area contributed by atoms with Crippen LogP contribution in [0.4, 0.5) is 10.1 Å². The fraction of sp³-hybridized carbons (Fsp3) is 0.179. The first-order chi connectivity index (χ1) is 16.5. The zero-order chi connectivity index (χ0) is 23.9. The molecular weight excluding hydrogens is 429 g/mol. The summed E-state index contributed by atoms with van der Waals surface area (Å²) in [4.78, 5) is 15.9. The van der Waals surface area contributed by atoms with Crippen LogP contribution >= 0.6 is 0 Å². The molecule has 0 saturated carbocycles. The first kappa shape index (κ1) is 21.4. The van der Waals surface area contributed by atoms with E-state index in [9.17, 15) is 19.7 Å². The molecule has 1 fully saturated rings. The van der Waals surface area contributed by atoms with Gasteiger partial charge in [0, 0.05) is 17.2 Å². The fourth-order valence-corrected chi connectivity index (χ4v) is 5.20. The number of carbonyl (C=O) groups is 1. The number of rotatable bonds is 4. The monoisotopic (exact) mass is 449 g/mol. The number of benzene rings is 3. The van der Waals surface area contributed by atoms with Gasteiger partial charge < -0.3 is 9.64 Å². The number of nitriles is 2. The number of para-hydroxylation sites is 1. The van der Waals surface area contributed by atoms with E-state index >= 15 is 0 Å². The maximum absolute atomic E-state index is 14.0. The van der Waals surface area contributed by atoms with Crippen LogP contribution in [0.15, 0.2) is 78.9 Å². The van der Waals surface area contributed by atoms with Crippen molar-refractivity contribution in [2.75, 3.05) is 12.0 Å². The van der Waals surface area contributed by atoms with Gasteiger partial charge in [0.05, 0.1) is 25.3 Å². The van der Waals surface area contributed by atoms with E-state index in [2.05, 4.69) is 12.1 Å². The van der Waals surface area contributed by atoms with E-state index in [-0.39, 0.29) is 5.78 Å². The minimum Gasteiger partial charge on any atom is -0.497 e. The van der Waals surface area contributed by atoms with Crippen molar-refractivity contribution in [3.63, 3.8) is 0 Å². The van der Waals surface area contributed by atoms with Gasteiger partial charge in [-0.2, -0.15) is 10.5 Å². The van der Waals surface area contributed by atoms with Crippen LogP contribution in [0, 0.1) is 33.9 Å². The minimum atomic E-state index is -1.53. The minimum absolute atomic E-state index is 0.275. The van der Waals surface area contributed by atoms with Gasteiger partial charge in [0.1, 0.15) is 17.6 Å². The number of ether oxygens (including phenoxy) is 1. The number of hydrogen-bond acceptors (Lipinski definition) is 5. The molecule has 3 aromatic rings. The topological polar surface area (TPSA) is 77.1 Å². The molecule has 0 aliphatic carbocycles. The lowest BCUT2D eigenvalue weighted by molar-refractivity contribution is 0.0951. The van der Waals surface area contributed by atoms with Crippen LogP contribution in [0.2, 0.25) is 0 Å². The van der Waals surface area contributed by atoms with Crippen molar-refractivity contribution in [3.05, 3.63) is 101 Å². The Labute approximate surface area is 196 Å². The zero-order valence-corrected chi connectivity index (χ0v) is 18.4. The molecule has 0 N–H and O–H groups in total. The summed E-state index contributed by atoms with van der Waals surface area (Å²) < 4.78 is 18.9. The van der Waals surface area contributed by atoms with Gasteiger partial charge >= 0.3 is 0 Å². The summed E-state index contributed by atoms with van der Waals surface area (Å²) >= 11 is 0. The van der Waals surface area contributed by atoms with E-state index in [1.807, 2.05) is 41.3 Å². The SMILES string of the molecule is COc1ccc([C@H]2[C@H](C(=O)c3ccc(F)cc3)N3c4ccccc4C=C[C@@H]3C2(C#N)C#N)cc1. The number of nitrogens with zero attached hydrogens (tertiary/aromatic N) is 3. The standard InChI is InChI=1S/C28H20FN3O2/c1-34-22-13-8-19(9-14-22)25-26(27(33)20-6-11-21(29)12-7-20)32-23-5-3-2-4-18(23)10-15-24(32)28(25,16-30)17-31/h2-15,24-26H,1H3/t24-,25+,26-/m1/s1. The summed E-state index contributed by atoms with van der Waals surface area (Å²) in [5.41, 5.74) is 1.16. The van der Waals surface area contributed by atoms with Crippen molar-refractivity contribution in [1.29, 1.82) is 10.5 Å². The van der Waals surface area contributed by atoms with Gasteiger partial charge in [-0.05, 0) is 53.6 Å². The summed E-state index contributed by atoms with van der Waals surface area (Å²) in [5, 5.41) is 20.8. The van der Waals surface area contributed by atoms with E-state index < -0.39 is 29.2 Å². The summed E-state index contributed by atoms with van der Waals surface area (Å²) in [7, 11) is 1.56. The lowest BCUT2D eigenvalue weighted by Crippen LogP contribution is -2.44. The van der Waals surface area contributed by atoms with E-state index in [0.717, 1.165) is 11.3 Å². The van der Waals surface area contributed by atoms with Crippen LogP contribution in [-0.4, -0.2) is 25.0 Å².